The molecule has 0 heterocycles. The van der Waals surface area contributed by atoms with E-state index in [2.05, 4.69) is 43.5 Å². The summed E-state index contributed by atoms with van der Waals surface area (Å²) in [5.41, 5.74) is 4.50. The molecule has 0 aliphatic carbocycles. The van der Waals surface area contributed by atoms with Gasteiger partial charge in [-0.05, 0) is 66.7 Å². The highest BCUT2D eigenvalue weighted by Gasteiger charge is 2.13. The first kappa shape index (κ1) is 21.9. The zero-order valence-corrected chi connectivity index (χ0v) is 18.2. The number of nitrogens with one attached hydrogen (secondary N) is 2. The summed E-state index contributed by atoms with van der Waals surface area (Å²) < 4.78 is 5.73. The van der Waals surface area contributed by atoms with Gasteiger partial charge in [0.15, 0.2) is 5.11 Å². The number of thiocarbonyl (C=S) groups is 1. The molecule has 0 atom stereocenters. The minimum atomic E-state index is -0.115. The van der Waals surface area contributed by atoms with E-state index in [9.17, 15) is 4.79 Å². The van der Waals surface area contributed by atoms with Crippen LogP contribution in [0.15, 0.2) is 42.5 Å². The first-order valence-electron chi connectivity index (χ1n) is 9.57. The summed E-state index contributed by atoms with van der Waals surface area (Å²) in [4.78, 5) is 12.1. The van der Waals surface area contributed by atoms with Crippen molar-refractivity contribution in [2.75, 3.05) is 11.9 Å². The van der Waals surface area contributed by atoms with Crippen LogP contribution >= 0.6 is 12.2 Å². The van der Waals surface area contributed by atoms with Crippen molar-refractivity contribution in [2.24, 2.45) is 0 Å². The summed E-state index contributed by atoms with van der Waals surface area (Å²) in [6.07, 6.45) is 0.980. The average molecular weight is 399 g/mol. The molecular formula is C23H30N2O2S. The predicted molar refractivity (Wildman–Crippen MR) is 120 cm³/mol. The van der Waals surface area contributed by atoms with Gasteiger partial charge in [0, 0.05) is 12.1 Å². The smallest absolute Gasteiger partial charge is 0.226 e. The van der Waals surface area contributed by atoms with Gasteiger partial charge in [0.05, 0.1) is 6.61 Å². The maximum absolute atomic E-state index is 12.1. The van der Waals surface area contributed by atoms with Gasteiger partial charge in [-0.3, -0.25) is 4.79 Å². The van der Waals surface area contributed by atoms with Crippen LogP contribution < -0.4 is 15.4 Å². The number of hydrogen-bond acceptors (Lipinski definition) is 3. The van der Waals surface area contributed by atoms with Crippen molar-refractivity contribution in [1.82, 2.24) is 5.32 Å². The highest BCUT2D eigenvalue weighted by Crippen LogP contribution is 2.24. The number of carbonyl (C=O) groups excluding carboxylic acids is 1. The van der Waals surface area contributed by atoms with Crippen molar-refractivity contribution < 1.29 is 9.53 Å². The van der Waals surface area contributed by atoms with Crippen LogP contribution in [0.3, 0.4) is 0 Å². The van der Waals surface area contributed by atoms with Gasteiger partial charge < -0.3 is 15.4 Å². The van der Waals surface area contributed by atoms with Gasteiger partial charge in [-0.1, -0.05) is 51.1 Å². The Balaban J connectivity index is 1.72. The molecule has 2 aromatic carbocycles. The molecule has 0 fully saturated rings. The lowest BCUT2D eigenvalue weighted by Gasteiger charge is -2.19. The van der Waals surface area contributed by atoms with Gasteiger partial charge in [0.1, 0.15) is 5.75 Å². The normalized spacial score (nSPS) is 11.0. The van der Waals surface area contributed by atoms with Crippen molar-refractivity contribution in [2.45, 2.75) is 52.9 Å². The Kier molecular flexibility index (Phi) is 7.58. The molecule has 0 aliphatic rings. The molecule has 0 spiro atoms. The summed E-state index contributed by atoms with van der Waals surface area (Å²) in [5.74, 6) is 0.705. The fourth-order valence-electron chi connectivity index (χ4n) is 2.82. The first-order valence-corrected chi connectivity index (χ1v) is 9.98. The number of ether oxygens (including phenoxy) is 1. The molecule has 0 saturated heterocycles. The van der Waals surface area contributed by atoms with Gasteiger partial charge >= 0.3 is 0 Å². The summed E-state index contributed by atoms with van der Waals surface area (Å²) in [6.45, 7) is 11.0. The molecule has 150 valence electrons. The molecule has 0 aromatic heterocycles. The number of rotatable bonds is 6. The van der Waals surface area contributed by atoms with E-state index in [1.54, 1.807) is 0 Å². The Morgan fingerprint density at radius 2 is 1.64 bits per heavy atom. The van der Waals surface area contributed by atoms with E-state index in [1.807, 2.05) is 44.2 Å². The Bertz CT molecular complexity index is 803. The van der Waals surface area contributed by atoms with E-state index in [1.165, 1.54) is 5.56 Å². The number of para-hydroxylation sites is 1. The van der Waals surface area contributed by atoms with Crippen LogP contribution in [0.25, 0.3) is 0 Å². The van der Waals surface area contributed by atoms with Gasteiger partial charge in [-0.25, -0.2) is 0 Å². The molecule has 1 amide bonds. The molecule has 2 aromatic rings. The summed E-state index contributed by atoms with van der Waals surface area (Å²) in [6, 6.07) is 14.1. The Labute approximate surface area is 173 Å². The van der Waals surface area contributed by atoms with Crippen molar-refractivity contribution in [3.8, 4) is 5.75 Å². The zero-order chi connectivity index (χ0) is 20.7. The second kappa shape index (κ2) is 9.69. The number of amides is 1. The molecule has 0 saturated carbocycles. The third-order valence-corrected chi connectivity index (χ3v) is 4.71. The molecule has 0 aliphatic heterocycles. The van der Waals surface area contributed by atoms with Gasteiger partial charge in [0.25, 0.3) is 0 Å². The number of anilines is 1. The van der Waals surface area contributed by atoms with Crippen LogP contribution in [-0.4, -0.2) is 17.6 Å². The quantitative estimate of drug-likeness (QED) is 0.514. The zero-order valence-electron chi connectivity index (χ0n) is 17.4. The fraction of sp³-hybridized carbons (Fsp3) is 0.391. The third kappa shape index (κ3) is 6.64. The lowest BCUT2D eigenvalue weighted by atomic mass is 9.87. The molecule has 2 N–H and O–H groups in total. The molecule has 2 rings (SSSR count). The molecule has 0 unspecified atom stereocenters. The summed E-state index contributed by atoms with van der Waals surface area (Å²) in [5, 5.41) is 6.16. The van der Waals surface area contributed by atoms with Crippen LogP contribution in [0, 0.1) is 13.8 Å². The topological polar surface area (TPSA) is 50.4 Å². The van der Waals surface area contributed by atoms with Gasteiger partial charge in [-0.15, -0.1) is 0 Å². The third-order valence-electron chi connectivity index (χ3n) is 4.51. The van der Waals surface area contributed by atoms with Gasteiger partial charge in [0.2, 0.25) is 5.91 Å². The molecule has 5 heteroatoms. The predicted octanol–water partition coefficient (Wildman–Crippen LogP) is 5.27. The fourth-order valence-corrected chi connectivity index (χ4v) is 3.04. The summed E-state index contributed by atoms with van der Waals surface area (Å²) in [7, 11) is 0. The van der Waals surface area contributed by atoms with Crippen LogP contribution in [-0.2, 0) is 10.2 Å². The van der Waals surface area contributed by atoms with Crippen LogP contribution in [0.1, 0.15) is 50.3 Å². The molecular weight excluding hydrogens is 368 g/mol. The minimum Gasteiger partial charge on any atom is -0.494 e. The van der Waals surface area contributed by atoms with Crippen molar-refractivity contribution in [1.29, 1.82) is 0 Å². The second-order valence-corrected chi connectivity index (χ2v) is 8.40. The molecule has 28 heavy (non-hydrogen) atoms. The van der Waals surface area contributed by atoms with Crippen molar-refractivity contribution in [3.05, 3.63) is 59.2 Å². The molecule has 0 bridgehead atoms. The maximum Gasteiger partial charge on any atom is 0.226 e. The average Bonchev–Trinajstić information content (AvgIpc) is 2.61. The van der Waals surface area contributed by atoms with Crippen LogP contribution in [0.2, 0.25) is 0 Å². The minimum absolute atomic E-state index is 0.115. The SMILES string of the molecule is Cc1cccc(C)c1NC(=S)NC(=O)CCCOc1ccc(C(C)(C)C)cc1. The Morgan fingerprint density at radius 3 is 2.21 bits per heavy atom. The van der Waals surface area contributed by atoms with Crippen molar-refractivity contribution in [3.63, 3.8) is 0 Å². The first-order chi connectivity index (χ1) is 13.2. The molecule has 4 nitrogen and oxygen atoms in total. The van der Waals surface area contributed by atoms with E-state index in [0.717, 1.165) is 22.6 Å². The van der Waals surface area contributed by atoms with E-state index < -0.39 is 0 Å². The number of hydrogen-bond donors (Lipinski definition) is 2. The highest BCUT2D eigenvalue weighted by molar-refractivity contribution is 7.80. The number of benzene rings is 2. The van der Waals surface area contributed by atoms with Crippen LogP contribution in [0.5, 0.6) is 5.75 Å². The lowest BCUT2D eigenvalue weighted by Crippen LogP contribution is -2.34. The van der Waals surface area contributed by atoms with E-state index in [-0.39, 0.29) is 11.3 Å². The number of carbonyl (C=O) groups is 1. The van der Waals surface area contributed by atoms with E-state index in [4.69, 9.17) is 17.0 Å². The van der Waals surface area contributed by atoms with Crippen LogP contribution in [0.4, 0.5) is 5.69 Å². The standard InChI is InChI=1S/C23H30N2O2S/c1-16-8-6-9-17(2)21(16)25-22(28)24-20(26)10-7-15-27-19-13-11-18(12-14-19)23(3,4)5/h6,8-9,11-14H,7,10,15H2,1-5H3,(H2,24,25,26,28). The van der Waals surface area contributed by atoms with Gasteiger partial charge in [-0.2, -0.15) is 0 Å². The second-order valence-electron chi connectivity index (χ2n) is 8.00. The van der Waals surface area contributed by atoms with Crippen molar-refractivity contribution >= 4 is 28.9 Å². The monoisotopic (exact) mass is 398 g/mol. The number of aryl methyl sites for hydroxylation is 2. The largest absolute Gasteiger partial charge is 0.494 e. The maximum atomic E-state index is 12.1. The Hall–Kier alpha value is -2.40. The highest BCUT2D eigenvalue weighted by atomic mass is 32.1. The Morgan fingerprint density at radius 1 is 1.04 bits per heavy atom. The van der Waals surface area contributed by atoms with E-state index >= 15 is 0 Å². The molecule has 0 radical (unpaired) electrons. The van der Waals surface area contributed by atoms with E-state index in [0.29, 0.717) is 24.6 Å². The summed E-state index contributed by atoms with van der Waals surface area (Å²) >= 11 is 5.25. The lowest BCUT2D eigenvalue weighted by molar-refractivity contribution is -0.119.